The van der Waals surface area contributed by atoms with Crippen LogP contribution < -0.4 is 4.74 Å². The molecule has 3 heterocycles. The number of fused-ring (bicyclic) bond motifs is 11. The van der Waals surface area contributed by atoms with E-state index in [2.05, 4.69) is 146 Å². The quantitative estimate of drug-likeness (QED) is 0.179. The van der Waals surface area contributed by atoms with E-state index < -0.39 is 5.41 Å². The van der Waals surface area contributed by atoms with Crippen molar-refractivity contribution in [2.45, 2.75) is 5.41 Å². The molecular formula is C54H33N3O2. The molecule has 1 unspecified atom stereocenters. The van der Waals surface area contributed by atoms with Gasteiger partial charge < -0.3 is 9.15 Å². The monoisotopic (exact) mass is 755 g/mol. The molecular weight excluding hydrogens is 723 g/mol. The van der Waals surface area contributed by atoms with Gasteiger partial charge in [-0.15, -0.1) is 0 Å². The summed E-state index contributed by atoms with van der Waals surface area (Å²) in [5.41, 5.74) is 12.4. The largest absolute Gasteiger partial charge is 0.457 e. The lowest BCUT2D eigenvalue weighted by molar-refractivity contribution is 0.435. The Bertz CT molecular complexity index is 3300. The Morgan fingerprint density at radius 2 is 0.898 bits per heavy atom. The molecule has 8 aromatic carbocycles. The minimum Gasteiger partial charge on any atom is -0.457 e. The highest BCUT2D eigenvalue weighted by Crippen LogP contribution is 2.59. The summed E-state index contributed by atoms with van der Waals surface area (Å²) in [6.07, 6.45) is 4.46. The van der Waals surface area contributed by atoms with Gasteiger partial charge in [0.1, 0.15) is 22.7 Å². The standard InChI is InChI=1S/C54H33N3O2/c1-3-13-34(14-4-1)35-23-28-39(29-24-35)52-55-51(38-16-5-2-6-17-38)56-53(57-52)40-30-27-37-26-25-36-15-7-9-19-43(36)54(45(37)31-40)44-20-10-12-22-48(44)59-50-32-42-41-18-8-11-21-47(41)58-49(42)33-46(50)54/h1-33H. The number of rotatable bonds is 4. The Hall–Kier alpha value is -7.89. The molecule has 1 spiro atoms. The van der Waals surface area contributed by atoms with E-state index in [0.717, 1.165) is 94.6 Å². The minimum atomic E-state index is -0.797. The molecule has 1 atom stereocenters. The molecule has 59 heavy (non-hydrogen) atoms. The van der Waals surface area contributed by atoms with Crippen LogP contribution in [-0.2, 0) is 5.41 Å². The molecule has 0 saturated heterocycles. The Balaban J connectivity index is 1.11. The van der Waals surface area contributed by atoms with Gasteiger partial charge >= 0.3 is 0 Å². The lowest BCUT2D eigenvalue weighted by Crippen LogP contribution is -2.35. The second-order valence-electron chi connectivity index (χ2n) is 15.1. The normalized spacial score (nSPS) is 14.9. The zero-order valence-electron chi connectivity index (χ0n) is 31.7. The van der Waals surface area contributed by atoms with Gasteiger partial charge in [-0.05, 0) is 63.7 Å². The third-order valence-electron chi connectivity index (χ3n) is 11.8. The molecule has 0 N–H and O–H groups in total. The molecule has 10 aromatic rings. The Morgan fingerprint density at radius 1 is 0.339 bits per heavy atom. The SMILES string of the molecule is C1=Cc2ccc(-c3nc(-c4ccccc4)nc(-c4ccc(-c5ccccc5)cc4)n3)cc2C2(c3ccccc31)c1ccccc1Oc1cc3c(cc12)oc1ccccc13. The van der Waals surface area contributed by atoms with Crippen LogP contribution in [0.5, 0.6) is 11.5 Å². The van der Waals surface area contributed by atoms with Crippen molar-refractivity contribution in [3.8, 4) is 56.8 Å². The summed E-state index contributed by atoms with van der Waals surface area (Å²) >= 11 is 0. The van der Waals surface area contributed by atoms with Gasteiger partial charge in [-0.3, -0.25) is 0 Å². The van der Waals surface area contributed by atoms with Crippen LogP contribution in [0.3, 0.4) is 0 Å². The van der Waals surface area contributed by atoms with Gasteiger partial charge in [-0.25, -0.2) is 15.0 Å². The van der Waals surface area contributed by atoms with E-state index in [0.29, 0.717) is 17.5 Å². The summed E-state index contributed by atoms with van der Waals surface area (Å²) in [6, 6.07) is 65.3. The van der Waals surface area contributed by atoms with Crippen molar-refractivity contribution >= 4 is 34.1 Å². The van der Waals surface area contributed by atoms with E-state index in [1.807, 2.05) is 54.6 Å². The fourth-order valence-corrected chi connectivity index (χ4v) is 9.11. The van der Waals surface area contributed by atoms with Gasteiger partial charge in [0.25, 0.3) is 0 Å². The molecule has 5 nitrogen and oxygen atoms in total. The predicted molar refractivity (Wildman–Crippen MR) is 236 cm³/mol. The molecule has 276 valence electrons. The average molecular weight is 756 g/mol. The van der Waals surface area contributed by atoms with Gasteiger partial charge in [-0.2, -0.15) is 0 Å². The number of benzene rings is 8. The van der Waals surface area contributed by atoms with Gasteiger partial charge in [-0.1, -0.05) is 170 Å². The van der Waals surface area contributed by atoms with E-state index in [4.69, 9.17) is 24.1 Å². The third kappa shape index (κ3) is 5.22. The van der Waals surface area contributed by atoms with Crippen molar-refractivity contribution in [2.75, 3.05) is 0 Å². The first kappa shape index (κ1) is 33.3. The summed E-state index contributed by atoms with van der Waals surface area (Å²) in [4.78, 5) is 15.5. The second kappa shape index (κ2) is 13.1. The molecule has 0 radical (unpaired) electrons. The van der Waals surface area contributed by atoms with Crippen LogP contribution in [0.15, 0.2) is 192 Å². The number of para-hydroxylation sites is 2. The first-order valence-electron chi connectivity index (χ1n) is 19.8. The van der Waals surface area contributed by atoms with Crippen molar-refractivity contribution in [3.05, 3.63) is 221 Å². The Kier molecular flexibility index (Phi) is 7.38. The van der Waals surface area contributed by atoms with Crippen molar-refractivity contribution in [1.29, 1.82) is 0 Å². The zero-order chi connectivity index (χ0) is 38.9. The van der Waals surface area contributed by atoms with Gasteiger partial charge in [0.05, 0.1) is 5.41 Å². The summed E-state index contributed by atoms with van der Waals surface area (Å²) in [7, 11) is 0. The number of nitrogens with zero attached hydrogens (tertiary/aromatic N) is 3. The average Bonchev–Trinajstić information content (AvgIpc) is 3.60. The number of ether oxygens (including phenoxy) is 1. The van der Waals surface area contributed by atoms with Crippen molar-refractivity contribution in [1.82, 2.24) is 15.0 Å². The van der Waals surface area contributed by atoms with Gasteiger partial charge in [0.2, 0.25) is 0 Å². The van der Waals surface area contributed by atoms with Gasteiger partial charge in [0.15, 0.2) is 17.5 Å². The van der Waals surface area contributed by atoms with Crippen molar-refractivity contribution in [3.63, 3.8) is 0 Å². The molecule has 2 aliphatic rings. The number of furan rings is 1. The number of hydrogen-bond acceptors (Lipinski definition) is 5. The summed E-state index contributed by atoms with van der Waals surface area (Å²) in [6.45, 7) is 0. The van der Waals surface area contributed by atoms with Crippen LogP contribution in [-0.4, -0.2) is 15.0 Å². The molecule has 0 fully saturated rings. The van der Waals surface area contributed by atoms with E-state index in [1.165, 1.54) is 0 Å². The molecule has 12 rings (SSSR count). The summed E-state index contributed by atoms with van der Waals surface area (Å²) < 4.78 is 13.5. The zero-order valence-corrected chi connectivity index (χ0v) is 31.7. The highest BCUT2D eigenvalue weighted by Gasteiger charge is 2.48. The maximum atomic E-state index is 6.89. The molecule has 0 saturated carbocycles. The molecule has 5 heteroatoms. The van der Waals surface area contributed by atoms with Crippen LogP contribution in [0.1, 0.15) is 33.4 Å². The third-order valence-corrected chi connectivity index (χ3v) is 11.8. The first-order chi connectivity index (χ1) is 29.2. The van der Waals surface area contributed by atoms with Crippen LogP contribution >= 0.6 is 0 Å². The van der Waals surface area contributed by atoms with E-state index in [1.54, 1.807) is 0 Å². The highest BCUT2D eigenvalue weighted by atomic mass is 16.5. The van der Waals surface area contributed by atoms with E-state index in [-0.39, 0.29) is 0 Å². The van der Waals surface area contributed by atoms with Crippen molar-refractivity contribution in [2.24, 2.45) is 0 Å². The fourth-order valence-electron chi connectivity index (χ4n) is 9.11. The number of aromatic nitrogens is 3. The fraction of sp³-hybridized carbons (Fsp3) is 0.0185. The van der Waals surface area contributed by atoms with Crippen molar-refractivity contribution < 1.29 is 9.15 Å². The van der Waals surface area contributed by atoms with Crippen LogP contribution in [0.4, 0.5) is 0 Å². The second-order valence-corrected chi connectivity index (χ2v) is 15.1. The highest BCUT2D eigenvalue weighted by molar-refractivity contribution is 6.06. The first-order valence-corrected chi connectivity index (χ1v) is 19.8. The van der Waals surface area contributed by atoms with Crippen LogP contribution in [0.25, 0.3) is 79.4 Å². The lowest BCUT2D eigenvalue weighted by atomic mass is 9.62. The Morgan fingerprint density at radius 3 is 1.68 bits per heavy atom. The smallest absolute Gasteiger partial charge is 0.164 e. The molecule has 0 bridgehead atoms. The topological polar surface area (TPSA) is 61.0 Å². The minimum absolute atomic E-state index is 0.591. The predicted octanol–water partition coefficient (Wildman–Crippen LogP) is 13.4. The lowest BCUT2D eigenvalue weighted by Gasteiger charge is -2.42. The summed E-state index contributed by atoms with van der Waals surface area (Å²) in [5, 5.41) is 2.08. The van der Waals surface area contributed by atoms with Crippen LogP contribution in [0, 0.1) is 0 Å². The van der Waals surface area contributed by atoms with Gasteiger partial charge in [0, 0.05) is 38.6 Å². The maximum Gasteiger partial charge on any atom is 0.164 e. The number of hydrogen-bond donors (Lipinski definition) is 0. The van der Waals surface area contributed by atoms with E-state index >= 15 is 0 Å². The molecule has 1 aliphatic heterocycles. The Labute approximate surface area is 340 Å². The summed E-state index contributed by atoms with van der Waals surface area (Å²) in [5.74, 6) is 3.42. The van der Waals surface area contributed by atoms with Crippen LogP contribution in [0.2, 0.25) is 0 Å². The molecule has 1 aliphatic carbocycles. The van der Waals surface area contributed by atoms with E-state index in [9.17, 15) is 0 Å². The molecule has 2 aromatic heterocycles. The molecule has 0 amide bonds. The maximum absolute atomic E-state index is 6.89.